The van der Waals surface area contributed by atoms with Gasteiger partial charge in [0.25, 0.3) is 5.56 Å². The van der Waals surface area contributed by atoms with E-state index in [9.17, 15) is 9.59 Å². The first-order chi connectivity index (χ1) is 10.6. The van der Waals surface area contributed by atoms with Crippen molar-refractivity contribution < 1.29 is 9.53 Å². The summed E-state index contributed by atoms with van der Waals surface area (Å²) in [4.78, 5) is 23.5. The number of carbonyl (C=O) groups is 1. The Morgan fingerprint density at radius 2 is 1.91 bits per heavy atom. The molecule has 0 fully saturated rings. The molecular formula is C18H21NO3. The Hall–Kier alpha value is -2.36. The molecule has 0 aliphatic carbocycles. The lowest BCUT2D eigenvalue weighted by atomic mass is 10.1. The summed E-state index contributed by atoms with van der Waals surface area (Å²) in [6.45, 7) is 7.11. The van der Waals surface area contributed by atoms with Crippen molar-refractivity contribution in [3.05, 3.63) is 52.3 Å². The van der Waals surface area contributed by atoms with E-state index in [2.05, 4.69) is 0 Å². The summed E-state index contributed by atoms with van der Waals surface area (Å²) in [5.74, 6) is 1.03. The van der Waals surface area contributed by atoms with E-state index in [1.807, 2.05) is 51.1 Å². The Bertz CT molecular complexity index is 717. The summed E-state index contributed by atoms with van der Waals surface area (Å²) in [6, 6.07) is 11.0. The van der Waals surface area contributed by atoms with E-state index < -0.39 is 0 Å². The molecule has 0 aliphatic rings. The van der Waals surface area contributed by atoms with Crippen LogP contribution in [0.25, 0.3) is 11.3 Å². The van der Waals surface area contributed by atoms with Gasteiger partial charge in [-0.3, -0.25) is 9.59 Å². The summed E-state index contributed by atoms with van der Waals surface area (Å²) in [5, 5.41) is 0. The maximum atomic E-state index is 12.5. The van der Waals surface area contributed by atoms with Crippen LogP contribution >= 0.6 is 0 Å². The summed E-state index contributed by atoms with van der Waals surface area (Å²) >= 11 is 0. The minimum Gasteiger partial charge on any atom is -0.493 e. The van der Waals surface area contributed by atoms with Gasteiger partial charge in [0.15, 0.2) is 6.29 Å². The van der Waals surface area contributed by atoms with Gasteiger partial charge in [0.05, 0.1) is 17.9 Å². The van der Waals surface area contributed by atoms with Crippen LogP contribution in [0, 0.1) is 5.92 Å². The first-order valence-electron chi connectivity index (χ1n) is 7.49. The van der Waals surface area contributed by atoms with Crippen LogP contribution in [0.2, 0.25) is 0 Å². The highest BCUT2D eigenvalue weighted by Crippen LogP contribution is 2.29. The van der Waals surface area contributed by atoms with Gasteiger partial charge in [-0.25, -0.2) is 0 Å². The summed E-state index contributed by atoms with van der Waals surface area (Å²) < 4.78 is 7.32. The van der Waals surface area contributed by atoms with E-state index in [0.717, 1.165) is 17.0 Å². The third-order valence-electron chi connectivity index (χ3n) is 3.34. The van der Waals surface area contributed by atoms with E-state index in [1.54, 1.807) is 10.6 Å². The van der Waals surface area contributed by atoms with Crippen LogP contribution in [-0.2, 0) is 6.54 Å². The fourth-order valence-corrected chi connectivity index (χ4v) is 2.43. The van der Waals surface area contributed by atoms with E-state index in [1.165, 1.54) is 0 Å². The van der Waals surface area contributed by atoms with Gasteiger partial charge >= 0.3 is 0 Å². The number of hydrogen-bond donors (Lipinski definition) is 0. The minimum atomic E-state index is -0.257. The van der Waals surface area contributed by atoms with Crippen LogP contribution in [-0.4, -0.2) is 17.5 Å². The van der Waals surface area contributed by atoms with Gasteiger partial charge < -0.3 is 9.30 Å². The van der Waals surface area contributed by atoms with Crippen LogP contribution in [0.5, 0.6) is 5.75 Å². The second kappa shape index (κ2) is 7.07. The van der Waals surface area contributed by atoms with Crippen LogP contribution in [0.3, 0.4) is 0 Å². The summed E-state index contributed by atoms with van der Waals surface area (Å²) in [5.41, 5.74) is 1.55. The fourth-order valence-electron chi connectivity index (χ4n) is 2.43. The smallest absolute Gasteiger partial charge is 0.261 e. The van der Waals surface area contributed by atoms with E-state index >= 15 is 0 Å². The molecular weight excluding hydrogens is 278 g/mol. The van der Waals surface area contributed by atoms with Crippen molar-refractivity contribution in [3.63, 3.8) is 0 Å². The number of ether oxygens (including phenoxy) is 1. The molecule has 4 nitrogen and oxygen atoms in total. The van der Waals surface area contributed by atoms with Crippen molar-refractivity contribution >= 4 is 6.29 Å². The molecule has 0 unspecified atom stereocenters. The highest BCUT2D eigenvalue weighted by atomic mass is 16.5. The Balaban J connectivity index is 2.67. The zero-order valence-corrected chi connectivity index (χ0v) is 13.2. The highest BCUT2D eigenvalue weighted by Gasteiger charge is 2.14. The van der Waals surface area contributed by atoms with E-state index in [4.69, 9.17) is 4.74 Å². The molecule has 0 spiro atoms. The van der Waals surface area contributed by atoms with Crippen molar-refractivity contribution in [1.82, 2.24) is 4.57 Å². The molecule has 116 valence electrons. The maximum Gasteiger partial charge on any atom is 0.261 e. The molecule has 0 radical (unpaired) electrons. The standard InChI is InChI=1S/C18H21NO3/c1-4-22-17-8-6-5-7-15(17)16-10-9-14(12-20)18(21)19(16)11-13(2)3/h5-10,12-13H,4,11H2,1-3H3. The lowest BCUT2D eigenvalue weighted by Crippen LogP contribution is -2.26. The predicted octanol–water partition coefficient (Wildman–Crippen LogP) is 3.38. The Labute approximate surface area is 130 Å². The molecule has 0 N–H and O–H groups in total. The summed E-state index contributed by atoms with van der Waals surface area (Å²) in [6.07, 6.45) is 0.609. The number of benzene rings is 1. The van der Waals surface area contributed by atoms with Crippen LogP contribution in [0.4, 0.5) is 0 Å². The molecule has 1 aromatic heterocycles. The van der Waals surface area contributed by atoms with Crippen molar-refractivity contribution in [2.75, 3.05) is 6.61 Å². The molecule has 0 saturated carbocycles. The van der Waals surface area contributed by atoms with Gasteiger partial charge in [-0.1, -0.05) is 26.0 Å². The number of carbonyl (C=O) groups excluding carboxylic acids is 1. The number of pyridine rings is 1. The molecule has 1 heterocycles. The number of aromatic nitrogens is 1. The zero-order chi connectivity index (χ0) is 16.1. The van der Waals surface area contributed by atoms with E-state index in [0.29, 0.717) is 19.4 Å². The lowest BCUT2D eigenvalue weighted by molar-refractivity contribution is 0.112. The minimum absolute atomic E-state index is 0.179. The van der Waals surface area contributed by atoms with Crippen molar-refractivity contribution in [1.29, 1.82) is 0 Å². The van der Waals surface area contributed by atoms with Crippen molar-refractivity contribution in [3.8, 4) is 17.0 Å². The van der Waals surface area contributed by atoms with Gasteiger partial charge in [0, 0.05) is 12.1 Å². The molecule has 0 bridgehead atoms. The Morgan fingerprint density at radius 3 is 2.55 bits per heavy atom. The Morgan fingerprint density at radius 1 is 1.18 bits per heavy atom. The molecule has 22 heavy (non-hydrogen) atoms. The number of rotatable bonds is 6. The van der Waals surface area contributed by atoms with Crippen LogP contribution < -0.4 is 10.3 Å². The fraction of sp³-hybridized carbons (Fsp3) is 0.333. The number of para-hydroxylation sites is 1. The molecule has 2 rings (SSSR count). The van der Waals surface area contributed by atoms with Crippen LogP contribution in [0.1, 0.15) is 31.1 Å². The first kappa shape index (κ1) is 16.0. The second-order valence-corrected chi connectivity index (χ2v) is 5.53. The number of hydrogen-bond acceptors (Lipinski definition) is 3. The molecule has 1 aromatic carbocycles. The first-order valence-corrected chi connectivity index (χ1v) is 7.49. The quantitative estimate of drug-likeness (QED) is 0.768. The molecule has 0 amide bonds. The third kappa shape index (κ3) is 3.27. The normalized spacial score (nSPS) is 10.7. The maximum absolute atomic E-state index is 12.5. The zero-order valence-electron chi connectivity index (χ0n) is 13.2. The molecule has 0 atom stereocenters. The monoisotopic (exact) mass is 299 g/mol. The highest BCUT2D eigenvalue weighted by molar-refractivity contribution is 5.76. The SMILES string of the molecule is CCOc1ccccc1-c1ccc(C=O)c(=O)n1CC(C)C. The largest absolute Gasteiger partial charge is 0.493 e. The average molecular weight is 299 g/mol. The summed E-state index contributed by atoms with van der Waals surface area (Å²) in [7, 11) is 0. The molecule has 2 aromatic rings. The molecule has 0 aliphatic heterocycles. The van der Waals surface area contributed by atoms with Gasteiger partial charge in [-0.15, -0.1) is 0 Å². The molecule has 4 heteroatoms. The average Bonchev–Trinajstić information content (AvgIpc) is 2.50. The van der Waals surface area contributed by atoms with Gasteiger partial charge in [0.2, 0.25) is 0 Å². The third-order valence-corrected chi connectivity index (χ3v) is 3.34. The van der Waals surface area contributed by atoms with E-state index in [-0.39, 0.29) is 17.0 Å². The van der Waals surface area contributed by atoms with Crippen molar-refractivity contribution in [2.24, 2.45) is 5.92 Å². The van der Waals surface area contributed by atoms with Crippen molar-refractivity contribution in [2.45, 2.75) is 27.3 Å². The van der Waals surface area contributed by atoms with Crippen LogP contribution in [0.15, 0.2) is 41.2 Å². The van der Waals surface area contributed by atoms with Gasteiger partial charge in [-0.2, -0.15) is 0 Å². The second-order valence-electron chi connectivity index (χ2n) is 5.53. The number of nitrogens with zero attached hydrogens (tertiary/aromatic N) is 1. The Kier molecular flexibility index (Phi) is 5.15. The van der Waals surface area contributed by atoms with Gasteiger partial charge in [-0.05, 0) is 37.1 Å². The topological polar surface area (TPSA) is 48.3 Å². The number of aldehydes is 1. The van der Waals surface area contributed by atoms with Gasteiger partial charge in [0.1, 0.15) is 5.75 Å². The molecule has 0 saturated heterocycles. The lowest BCUT2D eigenvalue weighted by Gasteiger charge is -2.18. The predicted molar refractivity (Wildman–Crippen MR) is 87.5 cm³/mol.